The van der Waals surface area contributed by atoms with Crippen LogP contribution >= 0.6 is 0 Å². The molecule has 4 atom stereocenters. The Morgan fingerprint density at radius 2 is 1.35 bits per heavy atom. The molecule has 2 aromatic rings. The number of esters is 1. The van der Waals surface area contributed by atoms with Gasteiger partial charge in [-0.3, -0.25) is 0 Å². The predicted molar refractivity (Wildman–Crippen MR) is 159 cm³/mol. The Labute approximate surface area is 241 Å². The van der Waals surface area contributed by atoms with E-state index in [0.717, 1.165) is 25.7 Å². The fraction of sp³-hybridized carbons (Fsp3) is 0.594. The number of methoxy groups -OCH3 is 3. The smallest absolute Gasteiger partial charge is 0.337 e. The van der Waals surface area contributed by atoms with Crippen LogP contribution in [0.2, 0.25) is 18.1 Å². The summed E-state index contributed by atoms with van der Waals surface area (Å²) in [6.45, 7) is 11.0. The second kappa shape index (κ2) is 14.0. The molecule has 0 aliphatic heterocycles. The molecule has 2 aromatic carbocycles. The van der Waals surface area contributed by atoms with Gasteiger partial charge in [0.25, 0.3) is 0 Å². The molecule has 0 bridgehead atoms. The van der Waals surface area contributed by atoms with Crippen molar-refractivity contribution < 1.29 is 33.3 Å². The van der Waals surface area contributed by atoms with E-state index in [4.69, 9.17) is 23.4 Å². The van der Waals surface area contributed by atoms with Gasteiger partial charge in [0, 0.05) is 0 Å². The van der Waals surface area contributed by atoms with Gasteiger partial charge in [0.2, 0.25) is 0 Å². The van der Waals surface area contributed by atoms with E-state index >= 15 is 0 Å². The maximum Gasteiger partial charge on any atom is 0.337 e. The fourth-order valence-electron chi connectivity index (χ4n) is 5.03. The molecule has 0 radical (unpaired) electrons. The number of benzene rings is 2. The Morgan fingerprint density at radius 3 is 1.80 bits per heavy atom. The zero-order valence-electron chi connectivity index (χ0n) is 25.4. The van der Waals surface area contributed by atoms with Crippen molar-refractivity contribution in [2.75, 3.05) is 21.3 Å². The van der Waals surface area contributed by atoms with Gasteiger partial charge in [-0.2, -0.15) is 0 Å². The molecule has 0 amide bonds. The minimum atomic E-state index is -2.30. The van der Waals surface area contributed by atoms with E-state index in [1.165, 1.54) is 13.5 Å². The highest BCUT2D eigenvalue weighted by molar-refractivity contribution is 6.74. The highest BCUT2D eigenvalue weighted by Gasteiger charge is 2.47. The summed E-state index contributed by atoms with van der Waals surface area (Å²) >= 11 is 0. The van der Waals surface area contributed by atoms with E-state index in [1.54, 1.807) is 38.5 Å². The molecule has 0 spiro atoms. The first-order valence-electron chi connectivity index (χ1n) is 14.3. The maximum absolute atomic E-state index is 13.5. The molecular weight excluding hydrogens is 524 g/mol. The Morgan fingerprint density at radius 1 is 0.850 bits per heavy atom. The Kier molecular flexibility index (Phi) is 11.2. The minimum Gasteiger partial charge on any atom is -0.497 e. The molecule has 1 fully saturated rings. The molecular formula is C32H48O7Si. The topological polar surface area (TPSA) is 83.5 Å². The van der Waals surface area contributed by atoms with Gasteiger partial charge >= 0.3 is 5.97 Å². The normalized spacial score (nSPS) is 17.9. The molecule has 8 heteroatoms. The number of aliphatic hydroxyl groups excluding tert-OH is 1. The van der Waals surface area contributed by atoms with Gasteiger partial charge in [-0.1, -0.05) is 64.3 Å². The van der Waals surface area contributed by atoms with Crippen LogP contribution in [0.3, 0.4) is 0 Å². The van der Waals surface area contributed by atoms with Crippen LogP contribution in [0, 0.1) is 5.92 Å². The second-order valence-corrected chi connectivity index (χ2v) is 17.0. The first-order chi connectivity index (χ1) is 18.9. The molecule has 1 N–H and O–H groups in total. The van der Waals surface area contributed by atoms with Crippen LogP contribution in [-0.4, -0.2) is 52.9 Å². The van der Waals surface area contributed by atoms with Gasteiger partial charge in [0.1, 0.15) is 23.7 Å². The molecule has 1 saturated carbocycles. The number of hydrogen-bond acceptors (Lipinski definition) is 7. The lowest BCUT2D eigenvalue weighted by Crippen LogP contribution is -2.53. The molecule has 1 aliphatic rings. The zero-order valence-corrected chi connectivity index (χ0v) is 26.4. The van der Waals surface area contributed by atoms with Crippen LogP contribution in [0.1, 0.15) is 76.2 Å². The van der Waals surface area contributed by atoms with Crippen LogP contribution in [0.25, 0.3) is 0 Å². The summed E-state index contributed by atoms with van der Waals surface area (Å²) in [6.07, 6.45) is 1.86. The van der Waals surface area contributed by atoms with Crippen LogP contribution < -0.4 is 9.47 Å². The number of aliphatic hydroxyl groups is 1. The van der Waals surface area contributed by atoms with Gasteiger partial charge in [-0.25, -0.2) is 4.79 Å². The molecule has 0 saturated heterocycles. The summed E-state index contributed by atoms with van der Waals surface area (Å²) < 4.78 is 29.7. The molecule has 1 aliphatic carbocycles. The largest absolute Gasteiger partial charge is 0.497 e. The van der Waals surface area contributed by atoms with E-state index in [9.17, 15) is 9.90 Å². The fourth-order valence-corrected chi connectivity index (χ4v) is 6.38. The summed E-state index contributed by atoms with van der Waals surface area (Å²) in [5.74, 6) is 1.04. The highest BCUT2D eigenvalue weighted by Crippen LogP contribution is 2.43. The van der Waals surface area contributed by atoms with Gasteiger partial charge in [0.15, 0.2) is 14.4 Å². The summed E-state index contributed by atoms with van der Waals surface area (Å²) in [5, 5.41) is 11.6. The van der Waals surface area contributed by atoms with Crippen LogP contribution in [0.4, 0.5) is 0 Å². The van der Waals surface area contributed by atoms with Crippen molar-refractivity contribution in [1.82, 2.24) is 0 Å². The van der Waals surface area contributed by atoms with E-state index < -0.39 is 38.7 Å². The minimum absolute atomic E-state index is 0.0570. The Balaban J connectivity index is 2.07. The van der Waals surface area contributed by atoms with Crippen molar-refractivity contribution in [3.05, 3.63) is 59.7 Å². The van der Waals surface area contributed by atoms with E-state index in [2.05, 4.69) is 33.9 Å². The lowest BCUT2D eigenvalue weighted by Gasteiger charge is -2.44. The molecule has 222 valence electrons. The highest BCUT2D eigenvalue weighted by atomic mass is 28.4. The standard InChI is InChI=1S/C32H48O7Si/c1-32(2,3)40(7,8)39-29(23-12-10-9-11-13-23)30(31(34)37-6)38-28(24-16-20-26(36-5)21-17-24)27(33)22-14-18-25(35-4)19-15-22/h14-21,23,27-30,33H,9-13H2,1-8H3/t27-,28-,29-,30-/m0/s1. The average Bonchev–Trinajstić information content (AvgIpc) is 2.96. The van der Waals surface area contributed by atoms with Crippen molar-refractivity contribution >= 4 is 14.3 Å². The number of carbonyl (C=O) groups excluding carboxylic acids is 1. The molecule has 7 nitrogen and oxygen atoms in total. The number of carbonyl (C=O) groups is 1. The number of hydrogen-bond donors (Lipinski definition) is 1. The first kappa shape index (κ1) is 32.1. The monoisotopic (exact) mass is 572 g/mol. The van der Waals surface area contributed by atoms with Crippen molar-refractivity contribution in [2.24, 2.45) is 5.92 Å². The first-order valence-corrected chi connectivity index (χ1v) is 17.2. The molecule has 0 unspecified atom stereocenters. The van der Waals surface area contributed by atoms with Gasteiger partial charge < -0.3 is 28.5 Å². The van der Waals surface area contributed by atoms with Gasteiger partial charge in [-0.05, 0) is 72.3 Å². The third kappa shape index (κ3) is 7.87. The lowest BCUT2D eigenvalue weighted by molar-refractivity contribution is -0.179. The van der Waals surface area contributed by atoms with Gasteiger partial charge in [0.05, 0.1) is 27.4 Å². The second-order valence-electron chi connectivity index (χ2n) is 12.2. The van der Waals surface area contributed by atoms with Crippen LogP contribution in [0.15, 0.2) is 48.5 Å². The quantitative estimate of drug-likeness (QED) is 0.216. The van der Waals surface area contributed by atoms with Crippen LogP contribution in [-0.2, 0) is 18.7 Å². The molecule has 0 heterocycles. The van der Waals surface area contributed by atoms with E-state index in [1.807, 2.05) is 24.3 Å². The summed E-state index contributed by atoms with van der Waals surface area (Å²) in [5.41, 5.74) is 1.36. The summed E-state index contributed by atoms with van der Waals surface area (Å²) in [7, 11) is 2.29. The lowest BCUT2D eigenvalue weighted by atomic mass is 9.83. The van der Waals surface area contributed by atoms with Crippen molar-refractivity contribution in [3.8, 4) is 11.5 Å². The molecule has 0 aromatic heterocycles. The SMILES string of the molecule is COC(=O)[C@@H](O[C@@H](c1ccc(OC)cc1)[C@@H](O)c1ccc(OC)cc1)[C@@H](O[Si](C)(C)C(C)(C)C)C1CCCCC1. The Bertz CT molecular complexity index is 1060. The number of ether oxygens (including phenoxy) is 4. The van der Waals surface area contributed by atoms with E-state index in [0.29, 0.717) is 22.6 Å². The van der Waals surface area contributed by atoms with E-state index in [-0.39, 0.29) is 11.0 Å². The van der Waals surface area contributed by atoms with Crippen molar-refractivity contribution in [1.29, 1.82) is 0 Å². The molecule has 3 rings (SSSR count). The van der Waals surface area contributed by atoms with Crippen molar-refractivity contribution in [3.63, 3.8) is 0 Å². The number of rotatable bonds is 12. The third-order valence-electron chi connectivity index (χ3n) is 8.56. The molecule has 40 heavy (non-hydrogen) atoms. The van der Waals surface area contributed by atoms with Crippen molar-refractivity contribution in [2.45, 2.75) is 95.4 Å². The average molecular weight is 573 g/mol. The maximum atomic E-state index is 13.5. The predicted octanol–water partition coefficient (Wildman–Crippen LogP) is 7.01. The summed E-state index contributed by atoms with van der Waals surface area (Å²) in [6, 6.07) is 14.6. The third-order valence-corrected chi connectivity index (χ3v) is 13.0. The summed E-state index contributed by atoms with van der Waals surface area (Å²) in [4.78, 5) is 13.5. The zero-order chi connectivity index (χ0) is 29.5. The van der Waals surface area contributed by atoms with Crippen LogP contribution in [0.5, 0.6) is 11.5 Å². The Hall–Kier alpha value is -2.39. The van der Waals surface area contributed by atoms with Gasteiger partial charge in [-0.15, -0.1) is 0 Å².